The van der Waals surface area contributed by atoms with Gasteiger partial charge in [-0.2, -0.15) is 13.2 Å². The number of nitrogen functional groups attached to an aromatic ring is 1. The van der Waals surface area contributed by atoms with Crippen molar-refractivity contribution in [3.05, 3.63) is 65.2 Å². The molecule has 0 heterocycles. The summed E-state index contributed by atoms with van der Waals surface area (Å²) < 4.78 is 37.8. The molecule has 0 unspecified atom stereocenters. The van der Waals surface area contributed by atoms with E-state index in [9.17, 15) is 18.0 Å². The molecule has 2 nitrogen and oxygen atoms in total. The van der Waals surface area contributed by atoms with Crippen LogP contribution >= 0.6 is 0 Å². The van der Waals surface area contributed by atoms with E-state index < -0.39 is 11.7 Å². The fourth-order valence-electron chi connectivity index (χ4n) is 2.08. The SMILES string of the molecule is Nc1cccc(CC(=O)Cc2cccc(C(F)(F)F)c2)c1. The molecular weight excluding hydrogens is 279 g/mol. The molecule has 0 bridgehead atoms. The zero-order valence-electron chi connectivity index (χ0n) is 11.2. The third-order valence-corrected chi connectivity index (χ3v) is 3.01. The number of alkyl halides is 3. The van der Waals surface area contributed by atoms with E-state index >= 15 is 0 Å². The van der Waals surface area contributed by atoms with E-state index in [4.69, 9.17) is 5.73 Å². The molecule has 0 atom stereocenters. The van der Waals surface area contributed by atoms with Gasteiger partial charge in [-0.15, -0.1) is 0 Å². The molecular formula is C16H14F3NO. The van der Waals surface area contributed by atoms with E-state index in [0.717, 1.165) is 17.7 Å². The fourth-order valence-corrected chi connectivity index (χ4v) is 2.08. The molecule has 0 amide bonds. The first kappa shape index (κ1) is 15.1. The standard InChI is InChI=1S/C16H14F3NO/c17-16(18,19)13-5-1-3-11(7-13)9-15(21)10-12-4-2-6-14(20)8-12/h1-8H,9-10,20H2. The van der Waals surface area contributed by atoms with Crippen molar-refractivity contribution in [1.82, 2.24) is 0 Å². The van der Waals surface area contributed by atoms with Gasteiger partial charge in [-0.1, -0.05) is 30.3 Å². The van der Waals surface area contributed by atoms with Crippen molar-refractivity contribution >= 4 is 11.5 Å². The van der Waals surface area contributed by atoms with E-state index in [1.54, 1.807) is 24.3 Å². The Bertz CT molecular complexity index is 650. The Morgan fingerprint density at radius 3 is 2.10 bits per heavy atom. The van der Waals surface area contributed by atoms with Gasteiger partial charge in [0.2, 0.25) is 0 Å². The summed E-state index contributed by atoms with van der Waals surface area (Å²) in [4.78, 5) is 11.9. The highest BCUT2D eigenvalue weighted by Gasteiger charge is 2.30. The number of carbonyl (C=O) groups excluding carboxylic acids is 1. The Morgan fingerprint density at radius 2 is 1.52 bits per heavy atom. The second-order valence-electron chi connectivity index (χ2n) is 4.84. The number of benzene rings is 2. The number of halogens is 3. The molecule has 2 aromatic carbocycles. The van der Waals surface area contributed by atoms with Crippen LogP contribution in [0.4, 0.5) is 18.9 Å². The molecule has 0 aromatic heterocycles. The first-order chi connectivity index (χ1) is 9.84. The second-order valence-corrected chi connectivity index (χ2v) is 4.84. The second kappa shape index (κ2) is 5.99. The highest BCUT2D eigenvalue weighted by atomic mass is 19.4. The number of hydrogen-bond donors (Lipinski definition) is 1. The largest absolute Gasteiger partial charge is 0.416 e. The zero-order chi connectivity index (χ0) is 15.5. The monoisotopic (exact) mass is 293 g/mol. The number of rotatable bonds is 4. The van der Waals surface area contributed by atoms with Gasteiger partial charge in [-0.05, 0) is 29.3 Å². The molecule has 5 heteroatoms. The number of carbonyl (C=O) groups is 1. The van der Waals surface area contributed by atoms with Crippen LogP contribution in [-0.4, -0.2) is 5.78 Å². The zero-order valence-corrected chi connectivity index (χ0v) is 11.2. The summed E-state index contributed by atoms with van der Waals surface area (Å²) in [5.74, 6) is -0.153. The molecule has 0 saturated heterocycles. The summed E-state index contributed by atoms with van der Waals surface area (Å²) in [6.45, 7) is 0. The number of anilines is 1. The van der Waals surface area contributed by atoms with Crippen LogP contribution in [0.2, 0.25) is 0 Å². The highest BCUT2D eigenvalue weighted by molar-refractivity contribution is 5.83. The summed E-state index contributed by atoms with van der Waals surface area (Å²) in [6, 6.07) is 11.7. The Hall–Kier alpha value is -2.30. The summed E-state index contributed by atoms with van der Waals surface area (Å²) in [5, 5.41) is 0. The van der Waals surface area contributed by atoms with Crippen LogP contribution in [0.5, 0.6) is 0 Å². The van der Waals surface area contributed by atoms with Crippen LogP contribution in [-0.2, 0) is 23.8 Å². The summed E-state index contributed by atoms with van der Waals surface area (Å²) in [6.07, 6.45) is -4.27. The lowest BCUT2D eigenvalue weighted by Gasteiger charge is -2.08. The third-order valence-electron chi connectivity index (χ3n) is 3.01. The van der Waals surface area contributed by atoms with Crippen molar-refractivity contribution in [3.63, 3.8) is 0 Å². The smallest absolute Gasteiger partial charge is 0.399 e. The van der Waals surface area contributed by atoms with Crippen molar-refractivity contribution in [2.24, 2.45) is 0 Å². The van der Waals surface area contributed by atoms with Crippen LogP contribution in [0, 0.1) is 0 Å². The summed E-state index contributed by atoms with van der Waals surface area (Å²) in [5.41, 5.74) is 6.55. The predicted molar refractivity (Wildman–Crippen MR) is 74.7 cm³/mol. The molecule has 0 spiro atoms. The molecule has 2 aromatic rings. The first-order valence-electron chi connectivity index (χ1n) is 6.37. The molecule has 0 aliphatic carbocycles. The Balaban J connectivity index is 2.06. The molecule has 0 fully saturated rings. The van der Waals surface area contributed by atoms with E-state index in [-0.39, 0.29) is 18.6 Å². The summed E-state index contributed by atoms with van der Waals surface area (Å²) >= 11 is 0. The lowest BCUT2D eigenvalue weighted by Crippen LogP contribution is -2.09. The minimum absolute atomic E-state index is 0.0290. The lowest BCUT2D eigenvalue weighted by atomic mass is 10.0. The van der Waals surface area contributed by atoms with Gasteiger partial charge in [0, 0.05) is 18.5 Å². The number of Topliss-reactive ketones (excluding diaryl/α,β-unsaturated/α-hetero) is 1. The van der Waals surface area contributed by atoms with Gasteiger partial charge in [0.1, 0.15) is 5.78 Å². The van der Waals surface area contributed by atoms with Crippen molar-refractivity contribution in [1.29, 1.82) is 0 Å². The number of hydrogen-bond acceptors (Lipinski definition) is 2. The predicted octanol–water partition coefficient (Wildman–Crippen LogP) is 3.64. The first-order valence-corrected chi connectivity index (χ1v) is 6.37. The quantitative estimate of drug-likeness (QED) is 0.875. The molecule has 2 N–H and O–H groups in total. The van der Waals surface area contributed by atoms with E-state index in [2.05, 4.69) is 0 Å². The van der Waals surface area contributed by atoms with Gasteiger partial charge in [0.25, 0.3) is 0 Å². The Kier molecular flexibility index (Phi) is 4.31. The van der Waals surface area contributed by atoms with Crippen molar-refractivity contribution in [3.8, 4) is 0 Å². The maximum absolute atomic E-state index is 12.6. The maximum Gasteiger partial charge on any atom is 0.416 e. The average molecular weight is 293 g/mol. The van der Waals surface area contributed by atoms with Crippen LogP contribution in [0.15, 0.2) is 48.5 Å². The van der Waals surface area contributed by atoms with E-state index in [1.165, 1.54) is 12.1 Å². The molecule has 0 radical (unpaired) electrons. The Morgan fingerprint density at radius 1 is 0.952 bits per heavy atom. The molecule has 0 saturated carbocycles. The number of ketones is 1. The third kappa shape index (κ3) is 4.34. The lowest BCUT2D eigenvalue weighted by molar-refractivity contribution is -0.137. The summed E-state index contributed by atoms with van der Waals surface area (Å²) in [7, 11) is 0. The van der Waals surface area contributed by atoms with E-state index in [0.29, 0.717) is 11.3 Å². The van der Waals surface area contributed by atoms with Crippen LogP contribution in [0.25, 0.3) is 0 Å². The number of nitrogens with two attached hydrogens (primary N) is 1. The van der Waals surface area contributed by atoms with Crippen LogP contribution < -0.4 is 5.73 Å². The van der Waals surface area contributed by atoms with Crippen molar-refractivity contribution in [2.75, 3.05) is 5.73 Å². The van der Waals surface area contributed by atoms with Gasteiger partial charge in [-0.25, -0.2) is 0 Å². The molecule has 21 heavy (non-hydrogen) atoms. The molecule has 2 rings (SSSR count). The van der Waals surface area contributed by atoms with E-state index in [1.807, 2.05) is 0 Å². The minimum Gasteiger partial charge on any atom is -0.399 e. The highest BCUT2D eigenvalue weighted by Crippen LogP contribution is 2.29. The minimum atomic E-state index is -4.40. The van der Waals surface area contributed by atoms with Gasteiger partial charge in [0.05, 0.1) is 5.56 Å². The van der Waals surface area contributed by atoms with Gasteiger partial charge in [-0.3, -0.25) is 4.79 Å². The van der Waals surface area contributed by atoms with Gasteiger partial charge in [0.15, 0.2) is 0 Å². The molecule has 110 valence electrons. The van der Waals surface area contributed by atoms with Crippen LogP contribution in [0.3, 0.4) is 0 Å². The van der Waals surface area contributed by atoms with Gasteiger partial charge < -0.3 is 5.73 Å². The maximum atomic E-state index is 12.6. The molecule has 0 aliphatic rings. The normalized spacial score (nSPS) is 11.4. The topological polar surface area (TPSA) is 43.1 Å². The van der Waals surface area contributed by atoms with Crippen molar-refractivity contribution < 1.29 is 18.0 Å². The van der Waals surface area contributed by atoms with Crippen molar-refractivity contribution in [2.45, 2.75) is 19.0 Å². The molecule has 0 aliphatic heterocycles. The average Bonchev–Trinajstić information content (AvgIpc) is 2.37. The Labute approximate surface area is 120 Å². The van der Waals surface area contributed by atoms with Crippen LogP contribution in [0.1, 0.15) is 16.7 Å². The van der Waals surface area contributed by atoms with Gasteiger partial charge >= 0.3 is 6.18 Å². The fraction of sp³-hybridized carbons (Fsp3) is 0.188.